The zero-order valence-electron chi connectivity index (χ0n) is 8.62. The fourth-order valence-corrected chi connectivity index (χ4v) is 0.947. The van der Waals surface area contributed by atoms with Crippen molar-refractivity contribution in [2.24, 2.45) is 11.7 Å². The second kappa shape index (κ2) is 6.37. The Morgan fingerprint density at radius 1 is 1.36 bits per heavy atom. The highest BCUT2D eigenvalue weighted by molar-refractivity contribution is 5.82. The molecule has 14 heavy (non-hydrogen) atoms. The summed E-state index contributed by atoms with van der Waals surface area (Å²) in [4.78, 5) is 21.8. The Hall–Kier alpha value is -1.10. The maximum atomic E-state index is 11.2. The van der Waals surface area contributed by atoms with E-state index in [0.717, 1.165) is 0 Å². The second-order valence-corrected chi connectivity index (χ2v) is 3.20. The molecule has 0 heterocycles. The fraction of sp³-hybridized carbons (Fsp3) is 0.778. The summed E-state index contributed by atoms with van der Waals surface area (Å²) in [5.74, 6) is -1.70. The second-order valence-electron chi connectivity index (χ2n) is 3.20. The van der Waals surface area contributed by atoms with Gasteiger partial charge < -0.3 is 16.2 Å². The van der Waals surface area contributed by atoms with E-state index in [1.165, 1.54) is 0 Å². The molecule has 0 spiro atoms. The molecule has 0 aliphatic rings. The van der Waals surface area contributed by atoms with Crippen LogP contribution in [0.15, 0.2) is 0 Å². The number of carboxylic acids is 1. The number of rotatable bonds is 6. The van der Waals surface area contributed by atoms with Crippen LogP contribution in [0.3, 0.4) is 0 Å². The molecule has 0 bridgehead atoms. The Morgan fingerprint density at radius 3 is 2.29 bits per heavy atom. The molecule has 0 rings (SSSR count). The van der Waals surface area contributed by atoms with Gasteiger partial charge in [-0.1, -0.05) is 13.8 Å². The summed E-state index contributed by atoms with van der Waals surface area (Å²) in [6, 6.07) is -0.540. The molecule has 0 saturated heterocycles. The topological polar surface area (TPSA) is 92.4 Å². The van der Waals surface area contributed by atoms with Crippen molar-refractivity contribution < 1.29 is 14.7 Å². The molecule has 5 nitrogen and oxygen atoms in total. The fourth-order valence-electron chi connectivity index (χ4n) is 0.947. The summed E-state index contributed by atoms with van der Waals surface area (Å²) in [7, 11) is 0. The number of hydrogen-bond donors (Lipinski definition) is 3. The third kappa shape index (κ3) is 4.23. The van der Waals surface area contributed by atoms with Crippen molar-refractivity contribution in [2.45, 2.75) is 32.7 Å². The van der Waals surface area contributed by atoms with Crippen LogP contribution in [0.4, 0.5) is 0 Å². The van der Waals surface area contributed by atoms with Gasteiger partial charge in [-0.25, -0.2) is 0 Å². The molecule has 1 amide bonds. The van der Waals surface area contributed by atoms with E-state index in [2.05, 4.69) is 5.32 Å². The minimum Gasteiger partial charge on any atom is -0.481 e. The third-order valence-electron chi connectivity index (χ3n) is 2.14. The van der Waals surface area contributed by atoms with Crippen molar-refractivity contribution in [1.29, 1.82) is 0 Å². The Morgan fingerprint density at radius 2 is 1.93 bits per heavy atom. The Bertz CT molecular complexity index is 206. The maximum Gasteiger partial charge on any atom is 0.308 e. The first-order chi connectivity index (χ1) is 6.52. The van der Waals surface area contributed by atoms with Crippen molar-refractivity contribution in [3.8, 4) is 0 Å². The standard InChI is InChI=1S/C9H18N2O3/c1-3-6(9(13)14)5-11-8(12)7(10)4-2/h6-7H,3-5,10H2,1-2H3,(H,11,12)(H,13,14). The zero-order chi connectivity index (χ0) is 11.1. The number of nitrogens with one attached hydrogen (secondary N) is 1. The molecular formula is C9H18N2O3. The van der Waals surface area contributed by atoms with Crippen LogP contribution in [0.2, 0.25) is 0 Å². The van der Waals surface area contributed by atoms with Gasteiger partial charge in [0.1, 0.15) is 0 Å². The van der Waals surface area contributed by atoms with Crippen LogP contribution in [0.1, 0.15) is 26.7 Å². The molecule has 82 valence electrons. The monoisotopic (exact) mass is 202 g/mol. The third-order valence-corrected chi connectivity index (χ3v) is 2.14. The zero-order valence-corrected chi connectivity index (χ0v) is 8.62. The summed E-state index contributed by atoms with van der Waals surface area (Å²) >= 11 is 0. The first-order valence-corrected chi connectivity index (χ1v) is 4.79. The van der Waals surface area contributed by atoms with Gasteiger partial charge in [0.2, 0.25) is 5.91 Å². The molecule has 4 N–H and O–H groups in total. The van der Waals surface area contributed by atoms with E-state index in [1.54, 1.807) is 13.8 Å². The lowest BCUT2D eigenvalue weighted by atomic mass is 10.1. The first kappa shape index (κ1) is 12.9. The molecule has 0 aromatic heterocycles. The Kier molecular flexibility index (Phi) is 5.87. The lowest BCUT2D eigenvalue weighted by Crippen LogP contribution is -2.42. The van der Waals surface area contributed by atoms with Gasteiger partial charge >= 0.3 is 5.97 Å². The lowest BCUT2D eigenvalue weighted by Gasteiger charge is -2.13. The van der Waals surface area contributed by atoms with Crippen molar-refractivity contribution in [3.63, 3.8) is 0 Å². The number of aliphatic carboxylic acids is 1. The van der Waals surface area contributed by atoms with Gasteiger partial charge in [-0.15, -0.1) is 0 Å². The minimum absolute atomic E-state index is 0.151. The highest BCUT2D eigenvalue weighted by atomic mass is 16.4. The van der Waals surface area contributed by atoms with Gasteiger partial charge in [0, 0.05) is 6.54 Å². The number of carbonyl (C=O) groups excluding carboxylic acids is 1. The van der Waals surface area contributed by atoms with Crippen LogP contribution in [0.5, 0.6) is 0 Å². The quantitative estimate of drug-likeness (QED) is 0.563. The number of carbonyl (C=O) groups is 2. The molecule has 0 aliphatic heterocycles. The summed E-state index contributed by atoms with van der Waals surface area (Å²) in [5, 5.41) is 11.2. The molecule has 2 atom stereocenters. The summed E-state index contributed by atoms with van der Waals surface area (Å²) in [5.41, 5.74) is 5.46. The largest absolute Gasteiger partial charge is 0.481 e. The normalized spacial score (nSPS) is 14.5. The van der Waals surface area contributed by atoms with Gasteiger partial charge in [0.05, 0.1) is 12.0 Å². The number of hydrogen-bond acceptors (Lipinski definition) is 3. The first-order valence-electron chi connectivity index (χ1n) is 4.79. The van der Waals surface area contributed by atoms with E-state index in [-0.39, 0.29) is 12.5 Å². The van der Waals surface area contributed by atoms with Crippen molar-refractivity contribution >= 4 is 11.9 Å². The molecule has 0 aromatic rings. The van der Waals surface area contributed by atoms with Crippen molar-refractivity contribution in [2.75, 3.05) is 6.54 Å². The van der Waals surface area contributed by atoms with E-state index in [4.69, 9.17) is 10.8 Å². The average Bonchev–Trinajstić information content (AvgIpc) is 2.16. The van der Waals surface area contributed by atoms with Crippen molar-refractivity contribution in [3.05, 3.63) is 0 Å². The molecule has 0 aromatic carbocycles. The molecule has 0 radical (unpaired) electrons. The average molecular weight is 202 g/mol. The highest BCUT2D eigenvalue weighted by Gasteiger charge is 2.17. The van der Waals surface area contributed by atoms with Crippen molar-refractivity contribution in [1.82, 2.24) is 5.32 Å². The predicted octanol–water partition coefficient (Wildman–Crippen LogP) is -0.0493. The lowest BCUT2D eigenvalue weighted by molar-refractivity contribution is -0.141. The highest BCUT2D eigenvalue weighted by Crippen LogP contribution is 2.00. The molecule has 0 fully saturated rings. The SMILES string of the molecule is CCC(N)C(=O)NCC(CC)C(=O)O. The van der Waals surface area contributed by atoms with E-state index in [9.17, 15) is 9.59 Å². The summed E-state index contributed by atoms with van der Waals surface area (Å²) in [6.45, 7) is 3.72. The summed E-state index contributed by atoms with van der Waals surface area (Å²) in [6.07, 6.45) is 1.05. The molecule has 5 heteroatoms. The Balaban J connectivity index is 3.91. The van der Waals surface area contributed by atoms with Gasteiger partial charge in [-0.05, 0) is 12.8 Å². The van der Waals surface area contributed by atoms with E-state index >= 15 is 0 Å². The van der Waals surface area contributed by atoms with Crippen LogP contribution >= 0.6 is 0 Å². The number of carboxylic acid groups (broad SMARTS) is 1. The van der Waals surface area contributed by atoms with E-state index in [0.29, 0.717) is 12.8 Å². The smallest absolute Gasteiger partial charge is 0.308 e. The van der Waals surface area contributed by atoms with Gasteiger partial charge in [0.25, 0.3) is 0 Å². The molecule has 0 saturated carbocycles. The molecule has 2 unspecified atom stereocenters. The van der Waals surface area contributed by atoms with E-state index in [1.807, 2.05) is 0 Å². The number of nitrogens with two attached hydrogens (primary N) is 1. The van der Waals surface area contributed by atoms with Gasteiger partial charge in [-0.2, -0.15) is 0 Å². The Labute approximate surface area is 83.7 Å². The van der Waals surface area contributed by atoms with Gasteiger partial charge in [-0.3, -0.25) is 9.59 Å². The van der Waals surface area contributed by atoms with Crippen LogP contribution < -0.4 is 11.1 Å². The molecular weight excluding hydrogens is 184 g/mol. The number of amides is 1. The van der Waals surface area contributed by atoms with Gasteiger partial charge in [0.15, 0.2) is 0 Å². The van der Waals surface area contributed by atoms with Crippen LogP contribution in [0.25, 0.3) is 0 Å². The minimum atomic E-state index is -0.891. The molecule has 0 aliphatic carbocycles. The maximum absolute atomic E-state index is 11.2. The van der Waals surface area contributed by atoms with Crippen LogP contribution in [0, 0.1) is 5.92 Å². The van der Waals surface area contributed by atoms with E-state index < -0.39 is 17.9 Å². The predicted molar refractivity (Wildman–Crippen MR) is 52.7 cm³/mol. The summed E-state index contributed by atoms with van der Waals surface area (Å²) < 4.78 is 0. The van der Waals surface area contributed by atoms with Crippen LogP contribution in [-0.2, 0) is 9.59 Å². The van der Waals surface area contributed by atoms with Crippen LogP contribution in [-0.4, -0.2) is 29.6 Å².